The predicted octanol–water partition coefficient (Wildman–Crippen LogP) is 5.76. The van der Waals surface area contributed by atoms with E-state index in [1.54, 1.807) is 0 Å². The minimum atomic E-state index is -0.372. The highest BCUT2D eigenvalue weighted by Gasteiger charge is 2.13. The molecule has 6 nitrogen and oxygen atoms in total. The van der Waals surface area contributed by atoms with Gasteiger partial charge in [-0.1, -0.05) is 49.2 Å². The number of unbranched alkanes of at least 4 members (excludes halogenated alkanes) is 2. The van der Waals surface area contributed by atoms with Gasteiger partial charge in [0.15, 0.2) is 0 Å². The summed E-state index contributed by atoms with van der Waals surface area (Å²) in [5.41, 5.74) is 5.31. The molecule has 1 aromatic heterocycles. The molecule has 0 atom stereocenters. The molecule has 0 aliphatic carbocycles. The van der Waals surface area contributed by atoms with Gasteiger partial charge >= 0.3 is 5.69 Å². The topological polar surface area (TPSA) is 70.1 Å². The lowest BCUT2D eigenvalue weighted by Gasteiger charge is -2.26. The van der Waals surface area contributed by atoms with Crippen molar-refractivity contribution in [1.29, 1.82) is 0 Å². The van der Waals surface area contributed by atoms with Crippen LogP contribution in [0.5, 0.6) is 0 Å². The van der Waals surface area contributed by atoms with Crippen molar-refractivity contribution >= 4 is 28.7 Å². The lowest BCUT2D eigenvalue weighted by atomic mass is 9.99. The number of anilines is 2. The Morgan fingerprint density at radius 1 is 1.00 bits per heavy atom. The van der Waals surface area contributed by atoms with Crippen molar-refractivity contribution < 1.29 is 0 Å². The number of aromatic nitrogens is 2. The number of aromatic amines is 1. The minimum absolute atomic E-state index is 0.278. The molecule has 36 heavy (non-hydrogen) atoms. The van der Waals surface area contributed by atoms with E-state index in [2.05, 4.69) is 53.3 Å². The number of hydrogen-bond acceptors (Lipinski definition) is 4. The number of rotatable bonds is 10. The molecule has 190 valence electrons. The Morgan fingerprint density at radius 3 is 2.47 bits per heavy atom. The van der Waals surface area contributed by atoms with E-state index in [1.165, 1.54) is 32.9 Å². The number of nitrogens with one attached hydrogen (secondary N) is 2. The number of halogens is 1. The van der Waals surface area contributed by atoms with Gasteiger partial charge in [0, 0.05) is 36.4 Å². The molecular formula is C29H35ClN4O2. The molecule has 0 amide bonds. The first-order valence-electron chi connectivity index (χ1n) is 12.8. The van der Waals surface area contributed by atoms with Gasteiger partial charge in [0.25, 0.3) is 5.56 Å². The first-order valence-corrected chi connectivity index (χ1v) is 13.2. The van der Waals surface area contributed by atoms with E-state index in [0.29, 0.717) is 12.4 Å². The van der Waals surface area contributed by atoms with Crippen molar-refractivity contribution in [1.82, 2.24) is 14.5 Å². The molecule has 4 rings (SSSR count). The molecule has 2 aromatic carbocycles. The van der Waals surface area contributed by atoms with Gasteiger partial charge in [-0.15, -0.1) is 0 Å². The third-order valence-corrected chi connectivity index (χ3v) is 7.15. The first-order chi connectivity index (χ1) is 17.4. The van der Waals surface area contributed by atoms with Gasteiger partial charge in [0.1, 0.15) is 5.82 Å². The van der Waals surface area contributed by atoms with Crippen molar-refractivity contribution in [2.75, 3.05) is 25.0 Å². The normalized spacial score (nSPS) is 14.0. The molecule has 0 saturated heterocycles. The van der Waals surface area contributed by atoms with Crippen LogP contribution in [-0.4, -0.2) is 34.1 Å². The lowest BCUT2D eigenvalue weighted by Crippen LogP contribution is -2.35. The first kappa shape index (κ1) is 26.0. The van der Waals surface area contributed by atoms with E-state index in [9.17, 15) is 9.59 Å². The maximum Gasteiger partial charge on any atom is 0.329 e. The third kappa shape index (κ3) is 6.77. The van der Waals surface area contributed by atoms with Gasteiger partial charge in [-0.3, -0.25) is 19.2 Å². The Balaban J connectivity index is 1.23. The number of hydrogen-bond donors (Lipinski definition) is 2. The van der Waals surface area contributed by atoms with Crippen LogP contribution in [0.25, 0.3) is 5.57 Å². The summed E-state index contributed by atoms with van der Waals surface area (Å²) in [5, 5.41) is 3.92. The number of aryl methyl sites for hydroxylation is 2. The van der Waals surface area contributed by atoms with Crippen LogP contribution in [0.4, 0.5) is 11.5 Å². The summed E-state index contributed by atoms with van der Waals surface area (Å²) in [6, 6.07) is 15.6. The molecule has 1 aliphatic heterocycles. The van der Waals surface area contributed by atoms with Gasteiger partial charge in [-0.05, 0) is 85.7 Å². The van der Waals surface area contributed by atoms with Crippen LogP contribution < -0.4 is 16.6 Å². The summed E-state index contributed by atoms with van der Waals surface area (Å²) in [4.78, 5) is 30.4. The monoisotopic (exact) mass is 506 g/mol. The minimum Gasteiger partial charge on any atom is -0.342 e. The Kier molecular flexibility index (Phi) is 8.83. The van der Waals surface area contributed by atoms with Gasteiger partial charge in [-0.25, -0.2) is 4.79 Å². The van der Waals surface area contributed by atoms with Gasteiger partial charge in [0.2, 0.25) is 0 Å². The molecule has 0 spiro atoms. The van der Waals surface area contributed by atoms with Crippen LogP contribution in [0, 0.1) is 6.92 Å². The molecule has 1 aliphatic rings. The van der Waals surface area contributed by atoms with E-state index in [-0.39, 0.29) is 11.2 Å². The number of benzene rings is 2. The Bertz CT molecular complexity index is 1290. The summed E-state index contributed by atoms with van der Waals surface area (Å²) >= 11 is 5.99. The second-order valence-electron chi connectivity index (χ2n) is 9.45. The van der Waals surface area contributed by atoms with Crippen molar-refractivity contribution in [3.8, 4) is 0 Å². The molecule has 2 N–H and O–H groups in total. The van der Waals surface area contributed by atoms with Crippen LogP contribution in [0.2, 0.25) is 5.02 Å². The van der Waals surface area contributed by atoms with Gasteiger partial charge < -0.3 is 5.32 Å². The molecule has 0 bridgehead atoms. The fraction of sp³-hybridized carbons (Fsp3) is 0.379. The molecule has 2 heterocycles. The van der Waals surface area contributed by atoms with Gasteiger partial charge in [-0.2, -0.15) is 0 Å². The number of nitrogens with zero attached hydrogens (tertiary/aromatic N) is 2. The van der Waals surface area contributed by atoms with Crippen molar-refractivity contribution in [2.24, 2.45) is 0 Å². The molecule has 7 heteroatoms. The highest BCUT2D eigenvalue weighted by atomic mass is 35.5. The molecule has 0 radical (unpaired) electrons. The third-order valence-electron chi connectivity index (χ3n) is 6.89. The fourth-order valence-electron chi connectivity index (χ4n) is 4.71. The second kappa shape index (κ2) is 12.2. The van der Waals surface area contributed by atoms with Crippen molar-refractivity contribution in [3.05, 3.63) is 97.2 Å². The summed E-state index contributed by atoms with van der Waals surface area (Å²) in [6.45, 7) is 7.63. The number of H-pyrrole nitrogens is 1. The van der Waals surface area contributed by atoms with Crippen LogP contribution in [0.1, 0.15) is 49.3 Å². The SMILES string of the molecule is CCc1cc(Nc2cc(=O)n(CCCCCN3CC=C(c4ccc(Cl)cc4)CC3)c(=O)[nH]2)ccc1C. The smallest absolute Gasteiger partial charge is 0.329 e. The van der Waals surface area contributed by atoms with Crippen molar-refractivity contribution in [2.45, 2.75) is 52.5 Å². The predicted molar refractivity (Wildman–Crippen MR) is 149 cm³/mol. The summed E-state index contributed by atoms with van der Waals surface area (Å²) in [6.07, 6.45) is 7.09. The zero-order valence-electron chi connectivity index (χ0n) is 21.1. The standard InChI is InChI=1S/C29H35ClN4O2/c1-3-22-19-26(12-7-21(22)2)31-27-20-28(35)34(29(36)32-27)16-6-4-5-15-33-17-13-24(14-18-33)23-8-10-25(30)11-9-23/h7-13,19-20,31H,3-6,14-18H2,1-2H3,(H,32,36). The van der Waals surface area contributed by atoms with E-state index < -0.39 is 0 Å². The zero-order chi connectivity index (χ0) is 25.5. The zero-order valence-corrected chi connectivity index (χ0v) is 21.9. The van der Waals surface area contributed by atoms with E-state index >= 15 is 0 Å². The van der Waals surface area contributed by atoms with Gasteiger partial charge in [0.05, 0.1) is 0 Å². The van der Waals surface area contributed by atoms with Crippen molar-refractivity contribution in [3.63, 3.8) is 0 Å². The highest BCUT2D eigenvalue weighted by Crippen LogP contribution is 2.24. The summed E-state index contributed by atoms with van der Waals surface area (Å²) in [5.74, 6) is 0.420. The molecular weight excluding hydrogens is 472 g/mol. The fourth-order valence-corrected chi connectivity index (χ4v) is 4.83. The average molecular weight is 507 g/mol. The summed E-state index contributed by atoms with van der Waals surface area (Å²) < 4.78 is 1.29. The molecule has 0 fully saturated rings. The van der Waals surface area contributed by atoms with Crippen LogP contribution in [0.3, 0.4) is 0 Å². The highest BCUT2D eigenvalue weighted by molar-refractivity contribution is 6.30. The summed E-state index contributed by atoms with van der Waals surface area (Å²) in [7, 11) is 0. The van der Waals surface area contributed by atoms with Crippen LogP contribution >= 0.6 is 11.6 Å². The second-order valence-corrected chi connectivity index (χ2v) is 9.88. The Morgan fingerprint density at radius 2 is 1.78 bits per heavy atom. The largest absolute Gasteiger partial charge is 0.342 e. The van der Waals surface area contributed by atoms with Crippen LogP contribution in [0.15, 0.2) is 64.2 Å². The average Bonchev–Trinajstić information content (AvgIpc) is 2.87. The van der Waals surface area contributed by atoms with E-state index in [4.69, 9.17) is 11.6 Å². The maximum absolute atomic E-state index is 12.6. The maximum atomic E-state index is 12.6. The molecule has 0 saturated carbocycles. The van der Waals surface area contributed by atoms with E-state index in [1.807, 2.05) is 24.3 Å². The Labute approximate surface area is 217 Å². The lowest BCUT2D eigenvalue weighted by molar-refractivity contribution is 0.293. The molecule has 0 unspecified atom stereocenters. The quantitative estimate of drug-likeness (QED) is 0.343. The molecule has 3 aromatic rings. The van der Waals surface area contributed by atoms with Crippen LogP contribution in [-0.2, 0) is 13.0 Å². The Hall–Kier alpha value is -3.09. The van der Waals surface area contributed by atoms with E-state index in [0.717, 1.165) is 62.4 Å².